The number of aliphatic hydroxyl groups excluding tert-OH is 1. The summed E-state index contributed by atoms with van der Waals surface area (Å²) in [5, 5.41) is 35.8. The van der Waals surface area contributed by atoms with Crippen LogP contribution in [0, 0.1) is 29.1 Å². The van der Waals surface area contributed by atoms with Crippen LogP contribution >= 0.6 is 0 Å². The number of hydrogen-bond donors (Lipinski definition) is 3. The third-order valence-electron chi connectivity index (χ3n) is 12.0. The van der Waals surface area contributed by atoms with Crippen molar-refractivity contribution in [3.05, 3.63) is 0 Å². The van der Waals surface area contributed by atoms with Gasteiger partial charge in [0.2, 0.25) is 0 Å². The second-order valence-corrected chi connectivity index (χ2v) is 18.0. The first-order valence-corrected chi connectivity index (χ1v) is 19.2. The van der Waals surface area contributed by atoms with Gasteiger partial charge in [-0.15, -0.1) is 0 Å². The van der Waals surface area contributed by atoms with E-state index in [2.05, 4.69) is 53.6 Å². The molecule has 3 heterocycles. The molecule has 0 aromatic rings. The molecule has 3 N–H and O–H groups in total. The summed E-state index contributed by atoms with van der Waals surface area (Å²) in [7, 11) is 6.04. The maximum Gasteiger partial charge on any atom is 0.311 e. The fourth-order valence-electron chi connectivity index (χ4n) is 9.22. The topological polar surface area (TPSA) is 130 Å². The molecule has 50 heavy (non-hydrogen) atoms. The lowest BCUT2D eigenvalue weighted by molar-refractivity contribution is -0.298. The maximum atomic E-state index is 14.2. The number of esters is 1. The number of ether oxygens (including phenoxy) is 5. The van der Waals surface area contributed by atoms with E-state index in [4.69, 9.17) is 23.7 Å². The van der Waals surface area contributed by atoms with Crippen molar-refractivity contribution in [3.63, 3.8) is 0 Å². The van der Waals surface area contributed by atoms with Crippen molar-refractivity contribution in [2.45, 2.75) is 188 Å². The first-order valence-electron chi connectivity index (χ1n) is 19.2. The highest BCUT2D eigenvalue weighted by molar-refractivity contribution is 5.73. The van der Waals surface area contributed by atoms with Crippen LogP contribution in [0.1, 0.15) is 115 Å². The molecule has 11 nitrogen and oxygen atoms in total. The number of aliphatic hydroxyl groups is 3. The Labute approximate surface area is 303 Å². The Morgan fingerprint density at radius 1 is 0.900 bits per heavy atom. The van der Waals surface area contributed by atoms with Gasteiger partial charge in [0.05, 0.1) is 35.9 Å². The Balaban J connectivity index is 2.15. The van der Waals surface area contributed by atoms with Crippen molar-refractivity contribution in [2.24, 2.45) is 29.1 Å². The second-order valence-electron chi connectivity index (χ2n) is 18.0. The number of carbonyl (C=O) groups excluding carboxylic acids is 1. The van der Waals surface area contributed by atoms with E-state index in [0.717, 1.165) is 12.8 Å². The first-order chi connectivity index (χ1) is 22.9. The van der Waals surface area contributed by atoms with Crippen molar-refractivity contribution in [3.8, 4) is 0 Å². The van der Waals surface area contributed by atoms with Crippen LogP contribution in [0.25, 0.3) is 0 Å². The summed E-state index contributed by atoms with van der Waals surface area (Å²) in [6, 6.07) is -0.254. The molecular formula is C39H74N2O9. The molecule has 0 spiro atoms. The van der Waals surface area contributed by atoms with Crippen LogP contribution in [0.3, 0.4) is 0 Å². The summed E-state index contributed by atoms with van der Waals surface area (Å²) in [5.74, 6) is -1.95. The molecule has 16 atom stereocenters. The number of carbonyl (C=O) groups is 1. The van der Waals surface area contributed by atoms with Gasteiger partial charge in [-0.25, -0.2) is 0 Å². The molecule has 0 saturated carbocycles. The van der Waals surface area contributed by atoms with Gasteiger partial charge in [0.25, 0.3) is 0 Å². The van der Waals surface area contributed by atoms with E-state index in [1.165, 1.54) is 6.92 Å². The van der Waals surface area contributed by atoms with E-state index in [0.29, 0.717) is 25.8 Å². The Bertz CT molecular complexity index is 1090. The lowest BCUT2D eigenvalue weighted by Gasteiger charge is -2.48. The predicted octanol–water partition coefficient (Wildman–Crippen LogP) is 4.83. The van der Waals surface area contributed by atoms with Crippen LogP contribution in [0.4, 0.5) is 0 Å². The summed E-state index contributed by atoms with van der Waals surface area (Å²) in [6.07, 6.45) is -2.01. The van der Waals surface area contributed by atoms with Gasteiger partial charge in [-0.05, 0) is 99.7 Å². The minimum atomic E-state index is -1.72. The molecule has 2 unspecified atom stereocenters. The van der Waals surface area contributed by atoms with Crippen LogP contribution in [0.15, 0.2) is 0 Å². The van der Waals surface area contributed by atoms with E-state index in [9.17, 15) is 20.1 Å². The van der Waals surface area contributed by atoms with Crippen molar-refractivity contribution < 1.29 is 43.8 Å². The van der Waals surface area contributed by atoms with Crippen molar-refractivity contribution in [1.29, 1.82) is 0 Å². The number of nitrogens with zero attached hydrogens (tertiary/aromatic N) is 2. The zero-order chi connectivity index (χ0) is 38.1. The molecule has 0 bridgehead atoms. The first kappa shape index (κ1) is 43.5. The molecule has 3 aliphatic heterocycles. The van der Waals surface area contributed by atoms with Crippen LogP contribution in [-0.4, -0.2) is 131 Å². The van der Waals surface area contributed by atoms with Crippen molar-refractivity contribution in [2.75, 3.05) is 27.7 Å². The van der Waals surface area contributed by atoms with E-state index in [1.807, 2.05) is 46.6 Å². The summed E-state index contributed by atoms with van der Waals surface area (Å²) < 4.78 is 32.7. The van der Waals surface area contributed by atoms with Gasteiger partial charge in [0, 0.05) is 36.9 Å². The average Bonchev–Trinajstić information content (AvgIpc) is 2.98. The summed E-state index contributed by atoms with van der Waals surface area (Å²) in [4.78, 5) is 18.4. The minimum absolute atomic E-state index is 0.00401. The van der Waals surface area contributed by atoms with Crippen LogP contribution < -0.4 is 0 Å². The summed E-state index contributed by atoms with van der Waals surface area (Å²) >= 11 is 0. The third kappa shape index (κ3) is 10.4. The number of cyclic esters (lactones) is 1. The number of hydrogen-bond acceptors (Lipinski definition) is 11. The van der Waals surface area contributed by atoms with Crippen LogP contribution in [0.2, 0.25) is 0 Å². The lowest BCUT2D eigenvalue weighted by atomic mass is 9.77. The van der Waals surface area contributed by atoms with Gasteiger partial charge < -0.3 is 48.8 Å². The normalized spacial score (nSPS) is 47.7. The molecule has 3 fully saturated rings. The van der Waals surface area contributed by atoms with Crippen LogP contribution in [-0.2, 0) is 28.5 Å². The monoisotopic (exact) mass is 715 g/mol. The van der Waals surface area contributed by atoms with Crippen molar-refractivity contribution in [1.82, 2.24) is 9.80 Å². The molecule has 11 heteroatoms. The SMILES string of the molecule is CC[C@H]1OC(=O)[C@H](C)C(O[C@H]2CC(C)(C)C[C@H](C)O2)[C@H](C)[C@@H](OC2O[C@H](C)C[C@H](N(C)C)[C@H]2C)[C@](C)(O)C[C@@H](C)CN(C)[C@H](C)[C@@H](O)[C@]1(C)O. The molecular weight excluding hydrogens is 640 g/mol. The quantitative estimate of drug-likeness (QED) is 0.328. The molecule has 0 amide bonds. The Hall–Kier alpha value is -0.890. The van der Waals surface area contributed by atoms with Gasteiger partial charge in [-0.1, -0.05) is 41.5 Å². The zero-order valence-electron chi connectivity index (χ0n) is 34.0. The Morgan fingerprint density at radius 3 is 2.08 bits per heavy atom. The molecule has 294 valence electrons. The lowest BCUT2D eigenvalue weighted by Crippen LogP contribution is -2.59. The molecule has 0 radical (unpaired) electrons. The van der Waals surface area contributed by atoms with Crippen LogP contribution in [0.5, 0.6) is 0 Å². The minimum Gasteiger partial charge on any atom is -0.459 e. The second kappa shape index (κ2) is 17.1. The highest BCUT2D eigenvalue weighted by Gasteiger charge is 2.51. The third-order valence-corrected chi connectivity index (χ3v) is 12.0. The van der Waals surface area contributed by atoms with E-state index in [-0.39, 0.29) is 35.5 Å². The zero-order valence-corrected chi connectivity index (χ0v) is 34.0. The van der Waals surface area contributed by atoms with Gasteiger partial charge in [0.15, 0.2) is 12.6 Å². The fraction of sp³-hybridized carbons (Fsp3) is 0.974. The molecule has 0 aliphatic carbocycles. The Morgan fingerprint density at radius 2 is 1.52 bits per heavy atom. The largest absolute Gasteiger partial charge is 0.459 e. The molecule has 3 rings (SSSR count). The fourth-order valence-corrected chi connectivity index (χ4v) is 9.22. The summed E-state index contributed by atoms with van der Waals surface area (Å²) in [5.41, 5.74) is -3.14. The van der Waals surface area contributed by atoms with Gasteiger partial charge >= 0.3 is 5.97 Å². The molecule has 3 aliphatic rings. The van der Waals surface area contributed by atoms with E-state index in [1.54, 1.807) is 6.92 Å². The maximum absolute atomic E-state index is 14.2. The number of likely N-dealkylation sites (N-methyl/N-ethyl adjacent to an activating group) is 1. The van der Waals surface area contributed by atoms with Gasteiger partial charge in [0.1, 0.15) is 17.8 Å². The van der Waals surface area contributed by atoms with Crippen molar-refractivity contribution >= 4 is 5.97 Å². The van der Waals surface area contributed by atoms with E-state index >= 15 is 0 Å². The highest BCUT2D eigenvalue weighted by atomic mass is 16.7. The summed E-state index contributed by atoms with van der Waals surface area (Å²) in [6.45, 7) is 24.0. The highest BCUT2D eigenvalue weighted by Crippen LogP contribution is 2.41. The van der Waals surface area contributed by atoms with Gasteiger partial charge in [-0.2, -0.15) is 0 Å². The average molecular weight is 715 g/mol. The standard InChI is InChI=1S/C39H74N2O9/c1-16-30-39(12,45)33(42)28(8)41(15)21-22(2)18-38(11,44)34(50-36-25(5)29(40(13)14)17-23(3)47-36)26(6)32(27(7)35(43)48-30)49-31-20-37(9,10)19-24(4)46-31/h22-34,36,42,44-45H,16-21H2,1-15H3/t22-,23-,24+,25-,26+,27-,28-,29+,30-,31+,32?,33-,34-,36?,38-,39-/m1/s1. The number of rotatable bonds is 6. The molecule has 0 aromatic carbocycles. The molecule has 0 aromatic heterocycles. The van der Waals surface area contributed by atoms with Gasteiger partial charge in [-0.3, -0.25) is 4.79 Å². The smallest absolute Gasteiger partial charge is 0.311 e. The van der Waals surface area contributed by atoms with E-state index < -0.39 is 72.0 Å². The Kier molecular flexibility index (Phi) is 14.8. The molecule has 3 saturated heterocycles. The predicted molar refractivity (Wildman–Crippen MR) is 194 cm³/mol.